The van der Waals surface area contributed by atoms with E-state index in [4.69, 9.17) is 21.6 Å². The normalized spacial score (nSPS) is 13.3. The number of hydrogen-bond donors (Lipinski definition) is 5. The molecule has 1 heterocycles. The molecule has 10 nitrogen and oxygen atoms in total. The molecule has 0 aliphatic carbocycles. The van der Waals surface area contributed by atoms with Gasteiger partial charge in [0.25, 0.3) is 5.91 Å². The molecule has 8 N–H and O–H groups in total. The van der Waals surface area contributed by atoms with Crippen LogP contribution in [0.1, 0.15) is 55.5 Å². The topological polar surface area (TPSA) is 183 Å². The summed E-state index contributed by atoms with van der Waals surface area (Å²) in [4.78, 5) is 31.2. The minimum absolute atomic E-state index is 0.00956. The molecule has 140 valence electrons. The van der Waals surface area contributed by atoms with Crippen LogP contribution in [0.3, 0.4) is 0 Å². The predicted octanol–water partition coefficient (Wildman–Crippen LogP) is -0.0429. The fraction of sp³-hybridized carbons (Fsp3) is 0.600. The van der Waals surface area contributed by atoms with E-state index in [9.17, 15) is 14.7 Å². The van der Waals surface area contributed by atoms with E-state index in [0.29, 0.717) is 18.8 Å². The largest absolute Gasteiger partial charge is 0.480 e. The molecule has 2 atom stereocenters. The van der Waals surface area contributed by atoms with E-state index in [1.54, 1.807) is 0 Å². The van der Waals surface area contributed by atoms with Crippen LogP contribution in [0, 0.1) is 5.92 Å². The molecular formula is C15H26N6O4. The number of nitrogens with zero attached hydrogens (tertiary/aromatic N) is 2. The Morgan fingerprint density at radius 1 is 1.40 bits per heavy atom. The standard InChI is InChI=1S/C15H26N6O4/c1-8(2)6-9(16)13-21-11(7-25-13)12(22)20-10(14(23)24)4-3-5-19-15(17)18/h7-10H,3-6,16H2,1-2H3,(H,20,22)(H,23,24)(H4,17,18,19)/t9-,10-/m0/s1. The first kappa shape index (κ1) is 20.4. The maximum Gasteiger partial charge on any atom is 0.326 e. The van der Waals surface area contributed by atoms with Gasteiger partial charge >= 0.3 is 5.97 Å². The molecule has 0 radical (unpaired) electrons. The second-order valence-electron chi connectivity index (χ2n) is 6.12. The highest BCUT2D eigenvalue weighted by molar-refractivity contribution is 5.94. The minimum atomic E-state index is -1.15. The lowest BCUT2D eigenvalue weighted by atomic mass is 10.0. The zero-order chi connectivity index (χ0) is 19.0. The summed E-state index contributed by atoms with van der Waals surface area (Å²) in [6.45, 7) is 4.30. The number of carboxylic acid groups (broad SMARTS) is 1. The number of hydrogen-bond acceptors (Lipinski definition) is 6. The highest BCUT2D eigenvalue weighted by atomic mass is 16.4. The van der Waals surface area contributed by atoms with E-state index in [-0.39, 0.29) is 30.5 Å². The van der Waals surface area contributed by atoms with Gasteiger partial charge in [0.15, 0.2) is 11.7 Å². The molecule has 1 rings (SSSR count). The third kappa shape index (κ3) is 7.21. The Morgan fingerprint density at radius 2 is 2.08 bits per heavy atom. The van der Waals surface area contributed by atoms with E-state index in [1.165, 1.54) is 6.26 Å². The van der Waals surface area contributed by atoms with E-state index in [0.717, 1.165) is 0 Å². The Kier molecular flexibility index (Phi) is 7.86. The fourth-order valence-electron chi connectivity index (χ4n) is 2.16. The van der Waals surface area contributed by atoms with Crippen molar-refractivity contribution in [3.8, 4) is 0 Å². The van der Waals surface area contributed by atoms with Gasteiger partial charge in [-0.2, -0.15) is 0 Å². The number of aromatic nitrogens is 1. The molecule has 0 saturated heterocycles. The van der Waals surface area contributed by atoms with E-state index >= 15 is 0 Å². The summed E-state index contributed by atoms with van der Waals surface area (Å²) in [6, 6.07) is -1.50. The van der Waals surface area contributed by atoms with Crippen LogP contribution < -0.4 is 22.5 Å². The second kappa shape index (κ2) is 9.62. The third-order valence-electron chi connectivity index (χ3n) is 3.35. The lowest BCUT2D eigenvalue weighted by Gasteiger charge is -2.13. The summed E-state index contributed by atoms with van der Waals surface area (Å²) in [7, 11) is 0. The van der Waals surface area contributed by atoms with Crippen LogP contribution >= 0.6 is 0 Å². The quantitative estimate of drug-likeness (QED) is 0.220. The molecule has 0 aromatic carbocycles. The van der Waals surface area contributed by atoms with Gasteiger partial charge in [0.05, 0.1) is 6.04 Å². The van der Waals surface area contributed by atoms with Gasteiger partial charge in [0.2, 0.25) is 5.89 Å². The first-order valence-corrected chi connectivity index (χ1v) is 8.00. The zero-order valence-electron chi connectivity index (χ0n) is 14.4. The molecule has 0 fully saturated rings. The Bertz CT molecular complexity index is 609. The molecule has 0 unspecified atom stereocenters. The number of nitrogens with one attached hydrogen (secondary N) is 1. The summed E-state index contributed by atoms with van der Waals surface area (Å²) >= 11 is 0. The molecule has 1 aromatic heterocycles. The highest BCUT2D eigenvalue weighted by Crippen LogP contribution is 2.18. The monoisotopic (exact) mass is 354 g/mol. The minimum Gasteiger partial charge on any atom is -0.480 e. The van der Waals surface area contributed by atoms with Crippen LogP contribution in [-0.4, -0.2) is 40.5 Å². The summed E-state index contributed by atoms with van der Waals surface area (Å²) in [6.07, 6.45) is 2.40. The van der Waals surface area contributed by atoms with Crippen molar-refractivity contribution in [3.05, 3.63) is 17.8 Å². The van der Waals surface area contributed by atoms with Crippen molar-refractivity contribution < 1.29 is 19.1 Å². The summed E-state index contributed by atoms with van der Waals surface area (Å²) in [5, 5.41) is 11.6. The Hall–Kier alpha value is -2.62. The number of rotatable bonds is 10. The van der Waals surface area contributed by atoms with Crippen LogP contribution in [0.2, 0.25) is 0 Å². The lowest BCUT2D eigenvalue weighted by molar-refractivity contribution is -0.139. The Labute approximate surface area is 145 Å². The number of carboxylic acids is 1. The van der Waals surface area contributed by atoms with Crippen LogP contribution in [-0.2, 0) is 4.79 Å². The van der Waals surface area contributed by atoms with Gasteiger partial charge < -0.3 is 32.0 Å². The number of oxazole rings is 1. The lowest BCUT2D eigenvalue weighted by Crippen LogP contribution is -2.41. The number of nitrogens with two attached hydrogens (primary N) is 3. The number of aliphatic carboxylic acids is 1. The van der Waals surface area contributed by atoms with E-state index < -0.39 is 24.0 Å². The van der Waals surface area contributed by atoms with Crippen LogP contribution in [0.4, 0.5) is 0 Å². The number of carbonyl (C=O) groups excluding carboxylic acids is 1. The fourth-order valence-corrected chi connectivity index (χ4v) is 2.16. The van der Waals surface area contributed by atoms with Gasteiger partial charge in [-0.25, -0.2) is 9.78 Å². The van der Waals surface area contributed by atoms with Crippen molar-refractivity contribution in [1.82, 2.24) is 10.3 Å². The van der Waals surface area contributed by atoms with Gasteiger partial charge in [0.1, 0.15) is 12.3 Å². The maximum absolute atomic E-state index is 12.2. The first-order valence-electron chi connectivity index (χ1n) is 8.00. The molecule has 0 aliphatic heterocycles. The molecule has 0 aliphatic rings. The molecule has 0 spiro atoms. The smallest absolute Gasteiger partial charge is 0.326 e. The highest BCUT2D eigenvalue weighted by Gasteiger charge is 2.23. The molecule has 0 bridgehead atoms. The zero-order valence-corrected chi connectivity index (χ0v) is 14.4. The average molecular weight is 354 g/mol. The van der Waals surface area contributed by atoms with Crippen molar-refractivity contribution in [1.29, 1.82) is 0 Å². The SMILES string of the molecule is CC(C)C[C@H](N)c1nc(C(=O)N[C@@H](CCCN=C(N)N)C(=O)O)co1. The van der Waals surface area contributed by atoms with Crippen LogP contribution in [0.25, 0.3) is 0 Å². The van der Waals surface area contributed by atoms with Crippen LogP contribution in [0.15, 0.2) is 15.7 Å². The first-order chi connectivity index (χ1) is 11.7. The molecule has 1 aromatic rings. The molecule has 10 heteroatoms. The third-order valence-corrected chi connectivity index (χ3v) is 3.35. The van der Waals surface area contributed by atoms with Crippen LogP contribution in [0.5, 0.6) is 0 Å². The number of guanidine groups is 1. The van der Waals surface area contributed by atoms with Gasteiger partial charge in [-0.3, -0.25) is 9.79 Å². The Morgan fingerprint density at radius 3 is 2.64 bits per heavy atom. The molecule has 25 heavy (non-hydrogen) atoms. The van der Waals surface area contributed by atoms with E-state index in [1.807, 2.05) is 13.8 Å². The number of carbonyl (C=O) groups is 2. The number of aliphatic imine (C=N–C) groups is 1. The predicted molar refractivity (Wildman–Crippen MR) is 91.7 cm³/mol. The van der Waals surface area contributed by atoms with Crippen molar-refractivity contribution in [2.24, 2.45) is 28.1 Å². The van der Waals surface area contributed by atoms with Gasteiger partial charge in [-0.1, -0.05) is 13.8 Å². The van der Waals surface area contributed by atoms with Gasteiger partial charge in [-0.05, 0) is 25.2 Å². The van der Waals surface area contributed by atoms with Crippen molar-refractivity contribution >= 4 is 17.8 Å². The summed E-state index contributed by atoms with van der Waals surface area (Å²) < 4.78 is 5.23. The summed E-state index contributed by atoms with van der Waals surface area (Å²) in [5.74, 6) is -1.26. The van der Waals surface area contributed by atoms with E-state index in [2.05, 4.69) is 15.3 Å². The number of amides is 1. The van der Waals surface area contributed by atoms with Crippen molar-refractivity contribution in [3.63, 3.8) is 0 Å². The second-order valence-corrected chi connectivity index (χ2v) is 6.12. The average Bonchev–Trinajstić information content (AvgIpc) is 2.99. The van der Waals surface area contributed by atoms with Crippen molar-refractivity contribution in [2.45, 2.75) is 45.2 Å². The Balaban J connectivity index is 2.63. The van der Waals surface area contributed by atoms with Gasteiger partial charge in [-0.15, -0.1) is 0 Å². The molecular weight excluding hydrogens is 328 g/mol. The van der Waals surface area contributed by atoms with Crippen molar-refractivity contribution in [2.75, 3.05) is 6.54 Å². The maximum atomic E-state index is 12.2. The molecule has 0 saturated carbocycles. The molecule has 1 amide bonds. The van der Waals surface area contributed by atoms with Gasteiger partial charge in [0, 0.05) is 6.54 Å². The summed E-state index contributed by atoms with van der Waals surface area (Å²) in [5.41, 5.74) is 16.3.